The second kappa shape index (κ2) is 10.2. The second-order valence-electron chi connectivity index (χ2n) is 6.47. The van der Waals surface area contributed by atoms with Gasteiger partial charge < -0.3 is 10.2 Å². The molecule has 2 N–H and O–H groups in total. The van der Waals surface area contributed by atoms with Crippen LogP contribution in [0.25, 0.3) is 0 Å². The van der Waals surface area contributed by atoms with E-state index >= 15 is 0 Å². The zero-order valence-electron chi connectivity index (χ0n) is 17.0. The molecule has 0 aliphatic carbocycles. The molecule has 156 valence electrons. The van der Waals surface area contributed by atoms with E-state index in [2.05, 4.69) is 30.8 Å². The molecule has 0 radical (unpaired) electrons. The molecule has 0 saturated heterocycles. The highest BCUT2D eigenvalue weighted by molar-refractivity contribution is 6.31. The Labute approximate surface area is 186 Å². The van der Waals surface area contributed by atoms with Gasteiger partial charge in [0.1, 0.15) is 0 Å². The van der Waals surface area contributed by atoms with Crippen LogP contribution in [0.2, 0.25) is 10.0 Å². The summed E-state index contributed by atoms with van der Waals surface area (Å²) in [6.07, 6.45) is 1.67. The number of anilines is 4. The second-order valence-corrected chi connectivity index (χ2v) is 7.31. The van der Waals surface area contributed by atoms with Gasteiger partial charge in [0.2, 0.25) is 17.8 Å². The predicted molar refractivity (Wildman–Crippen MR) is 126 cm³/mol. The van der Waals surface area contributed by atoms with Gasteiger partial charge in [0.15, 0.2) is 0 Å². The summed E-state index contributed by atoms with van der Waals surface area (Å²) in [5.41, 5.74) is 5.57. The minimum absolute atomic E-state index is 0.331. The first-order valence-corrected chi connectivity index (χ1v) is 10.3. The molecule has 0 fully saturated rings. The number of aryl methyl sites for hydroxylation is 1. The number of hydrazone groups is 1. The highest BCUT2D eigenvalue weighted by atomic mass is 35.5. The first-order chi connectivity index (χ1) is 14.5. The Bertz CT molecular complexity index is 1020. The van der Waals surface area contributed by atoms with E-state index in [1.54, 1.807) is 18.3 Å². The molecule has 3 aromatic rings. The summed E-state index contributed by atoms with van der Waals surface area (Å²) in [5.74, 6) is 1.29. The molecule has 1 aromatic heterocycles. The van der Waals surface area contributed by atoms with E-state index in [1.807, 2.05) is 56.0 Å². The minimum Gasteiger partial charge on any atom is -0.341 e. The van der Waals surface area contributed by atoms with Crippen molar-refractivity contribution < 1.29 is 0 Å². The highest BCUT2D eigenvalue weighted by Crippen LogP contribution is 2.23. The maximum Gasteiger partial charge on any atom is 0.250 e. The third-order valence-electron chi connectivity index (χ3n) is 4.35. The van der Waals surface area contributed by atoms with Crippen molar-refractivity contribution in [1.82, 2.24) is 15.0 Å². The van der Waals surface area contributed by atoms with Crippen molar-refractivity contribution in [3.63, 3.8) is 0 Å². The first-order valence-electron chi connectivity index (χ1n) is 9.57. The Hall–Kier alpha value is -2.90. The summed E-state index contributed by atoms with van der Waals surface area (Å²) in [7, 11) is 0. The molecule has 2 aromatic carbocycles. The molecular weight excluding hydrogens is 421 g/mol. The summed E-state index contributed by atoms with van der Waals surface area (Å²) in [5, 5.41) is 8.76. The van der Waals surface area contributed by atoms with Gasteiger partial charge in [-0.05, 0) is 56.2 Å². The number of halogens is 2. The van der Waals surface area contributed by atoms with Crippen molar-refractivity contribution in [2.45, 2.75) is 20.8 Å². The van der Waals surface area contributed by atoms with Crippen LogP contribution in [0.1, 0.15) is 25.0 Å². The number of hydrogen-bond acceptors (Lipinski definition) is 7. The molecule has 0 aliphatic rings. The van der Waals surface area contributed by atoms with E-state index in [0.29, 0.717) is 27.9 Å². The highest BCUT2D eigenvalue weighted by Gasteiger charge is 2.11. The van der Waals surface area contributed by atoms with Crippen LogP contribution in [0.4, 0.5) is 23.5 Å². The summed E-state index contributed by atoms with van der Waals surface area (Å²) >= 11 is 12.1. The Balaban J connectivity index is 1.85. The molecule has 0 amide bonds. The number of benzene rings is 2. The number of aromatic nitrogens is 3. The third kappa shape index (κ3) is 5.81. The monoisotopic (exact) mass is 443 g/mol. The standard InChI is InChI=1S/C21H23Cl2N7/c1-4-30(5-2)21-27-19(25-17-11-6-14(3)18(23)12-17)26-20(28-21)29-24-13-15-7-9-16(22)10-8-15/h6-13H,4-5H2,1-3H3,(H2,25,26,27,28,29)/b24-13-. The number of hydrogen-bond donors (Lipinski definition) is 2. The van der Waals surface area contributed by atoms with Crippen LogP contribution in [0, 0.1) is 6.92 Å². The number of nitrogens with zero attached hydrogens (tertiary/aromatic N) is 5. The molecule has 3 rings (SSSR count). The van der Waals surface area contributed by atoms with Gasteiger partial charge in [-0.1, -0.05) is 41.4 Å². The van der Waals surface area contributed by atoms with Gasteiger partial charge in [0.05, 0.1) is 6.21 Å². The lowest BCUT2D eigenvalue weighted by Gasteiger charge is -2.19. The fraction of sp³-hybridized carbons (Fsp3) is 0.238. The zero-order chi connectivity index (χ0) is 21.5. The van der Waals surface area contributed by atoms with Crippen LogP contribution in [-0.4, -0.2) is 34.3 Å². The van der Waals surface area contributed by atoms with Gasteiger partial charge in [-0.3, -0.25) is 0 Å². The van der Waals surface area contributed by atoms with Crippen LogP contribution in [0.5, 0.6) is 0 Å². The fourth-order valence-electron chi connectivity index (χ4n) is 2.63. The summed E-state index contributed by atoms with van der Waals surface area (Å²) in [6, 6.07) is 13.1. The zero-order valence-corrected chi connectivity index (χ0v) is 18.5. The first kappa shape index (κ1) is 21.8. The SMILES string of the molecule is CCN(CC)c1nc(N/N=C\c2ccc(Cl)cc2)nc(Nc2ccc(C)c(Cl)c2)n1. The summed E-state index contributed by atoms with van der Waals surface area (Å²) < 4.78 is 0. The quantitative estimate of drug-likeness (QED) is 0.352. The Morgan fingerprint density at radius 2 is 1.67 bits per heavy atom. The molecule has 0 spiro atoms. The molecule has 0 bridgehead atoms. The summed E-state index contributed by atoms with van der Waals surface area (Å²) in [4.78, 5) is 15.5. The van der Waals surface area contributed by atoms with Gasteiger partial charge in [-0.15, -0.1) is 0 Å². The van der Waals surface area contributed by atoms with Gasteiger partial charge >= 0.3 is 0 Å². The predicted octanol–water partition coefficient (Wildman–Crippen LogP) is 5.52. The fourth-order valence-corrected chi connectivity index (χ4v) is 2.94. The van der Waals surface area contributed by atoms with Gasteiger partial charge in [0, 0.05) is 28.8 Å². The van der Waals surface area contributed by atoms with Crippen molar-refractivity contribution in [2.24, 2.45) is 5.10 Å². The maximum absolute atomic E-state index is 6.23. The average molecular weight is 444 g/mol. The van der Waals surface area contributed by atoms with Crippen molar-refractivity contribution in [3.8, 4) is 0 Å². The smallest absolute Gasteiger partial charge is 0.250 e. The number of rotatable bonds is 8. The normalized spacial score (nSPS) is 11.0. The van der Waals surface area contributed by atoms with Crippen molar-refractivity contribution in [1.29, 1.82) is 0 Å². The number of nitrogens with one attached hydrogen (secondary N) is 2. The molecule has 0 saturated carbocycles. The summed E-state index contributed by atoms with van der Waals surface area (Å²) in [6.45, 7) is 7.58. The van der Waals surface area contributed by atoms with Gasteiger partial charge in [-0.25, -0.2) is 5.43 Å². The van der Waals surface area contributed by atoms with E-state index in [9.17, 15) is 0 Å². The topological polar surface area (TPSA) is 78.3 Å². The lowest BCUT2D eigenvalue weighted by atomic mass is 10.2. The van der Waals surface area contributed by atoms with E-state index in [0.717, 1.165) is 29.9 Å². The van der Waals surface area contributed by atoms with Gasteiger partial charge in [0.25, 0.3) is 0 Å². The molecule has 0 unspecified atom stereocenters. The van der Waals surface area contributed by atoms with E-state index in [1.165, 1.54) is 0 Å². The lowest BCUT2D eigenvalue weighted by Crippen LogP contribution is -2.25. The van der Waals surface area contributed by atoms with E-state index in [4.69, 9.17) is 23.2 Å². The van der Waals surface area contributed by atoms with Crippen LogP contribution >= 0.6 is 23.2 Å². The van der Waals surface area contributed by atoms with Crippen LogP contribution < -0.4 is 15.6 Å². The third-order valence-corrected chi connectivity index (χ3v) is 5.01. The average Bonchev–Trinajstić information content (AvgIpc) is 2.73. The Morgan fingerprint density at radius 1 is 0.967 bits per heavy atom. The molecular formula is C21H23Cl2N7. The molecule has 0 atom stereocenters. The largest absolute Gasteiger partial charge is 0.341 e. The van der Waals surface area contributed by atoms with Crippen LogP contribution in [-0.2, 0) is 0 Å². The molecule has 30 heavy (non-hydrogen) atoms. The minimum atomic E-state index is 0.331. The molecule has 1 heterocycles. The lowest BCUT2D eigenvalue weighted by molar-refractivity contribution is 0.814. The Morgan fingerprint density at radius 3 is 2.33 bits per heavy atom. The van der Waals surface area contributed by atoms with Gasteiger partial charge in [-0.2, -0.15) is 20.1 Å². The van der Waals surface area contributed by atoms with Crippen LogP contribution in [0.15, 0.2) is 47.6 Å². The Kier molecular flexibility index (Phi) is 7.43. The van der Waals surface area contributed by atoms with E-state index in [-0.39, 0.29) is 0 Å². The molecule has 9 heteroatoms. The van der Waals surface area contributed by atoms with Crippen molar-refractivity contribution >= 4 is 52.9 Å². The van der Waals surface area contributed by atoms with Crippen molar-refractivity contribution in [2.75, 3.05) is 28.7 Å². The van der Waals surface area contributed by atoms with E-state index < -0.39 is 0 Å². The molecule has 7 nitrogen and oxygen atoms in total. The van der Waals surface area contributed by atoms with Crippen molar-refractivity contribution in [3.05, 3.63) is 63.6 Å². The van der Waals surface area contributed by atoms with Crippen LogP contribution in [0.3, 0.4) is 0 Å². The maximum atomic E-state index is 6.23. The molecule has 0 aliphatic heterocycles.